The highest BCUT2D eigenvalue weighted by molar-refractivity contribution is 7.89. The largest absolute Gasteiger partial charge is 0.309 e. The number of carbonyl (C=O) groups excluding carboxylic acids is 1. The third-order valence-corrected chi connectivity index (χ3v) is 4.47. The SMILES string of the molecule is CNC(CC(C)(C)C)C(=O)NS(=O)(=O)Cc1ccc(C#N)cc1F. The van der Waals surface area contributed by atoms with Crippen molar-refractivity contribution in [2.45, 2.75) is 39.0 Å². The van der Waals surface area contributed by atoms with Crippen molar-refractivity contribution in [1.29, 1.82) is 5.26 Å². The molecule has 6 nitrogen and oxygen atoms in total. The van der Waals surface area contributed by atoms with Crippen LogP contribution in [0.15, 0.2) is 18.2 Å². The molecule has 24 heavy (non-hydrogen) atoms. The average molecular weight is 355 g/mol. The minimum Gasteiger partial charge on any atom is -0.309 e. The lowest BCUT2D eigenvalue weighted by Crippen LogP contribution is -2.46. The third-order valence-electron chi connectivity index (χ3n) is 3.27. The number of sulfonamides is 1. The first-order valence-electron chi connectivity index (χ1n) is 7.37. The molecule has 1 amide bonds. The number of amides is 1. The summed E-state index contributed by atoms with van der Waals surface area (Å²) in [7, 11) is -2.48. The molecule has 0 aliphatic carbocycles. The lowest BCUT2D eigenvalue weighted by molar-refractivity contribution is -0.121. The number of benzene rings is 1. The van der Waals surface area contributed by atoms with Crippen molar-refractivity contribution in [3.8, 4) is 6.07 Å². The molecule has 0 heterocycles. The van der Waals surface area contributed by atoms with E-state index in [0.29, 0.717) is 6.42 Å². The Morgan fingerprint density at radius 2 is 2.00 bits per heavy atom. The van der Waals surface area contributed by atoms with E-state index < -0.39 is 33.5 Å². The summed E-state index contributed by atoms with van der Waals surface area (Å²) in [4.78, 5) is 12.2. The van der Waals surface area contributed by atoms with Crippen LogP contribution in [0.3, 0.4) is 0 Å². The lowest BCUT2D eigenvalue weighted by atomic mass is 9.88. The molecule has 1 aromatic carbocycles. The summed E-state index contributed by atoms with van der Waals surface area (Å²) in [5, 5.41) is 11.5. The van der Waals surface area contributed by atoms with Gasteiger partial charge in [-0.2, -0.15) is 5.26 Å². The summed E-state index contributed by atoms with van der Waals surface area (Å²) in [6, 6.07) is 4.60. The van der Waals surface area contributed by atoms with Crippen molar-refractivity contribution in [1.82, 2.24) is 10.0 Å². The fourth-order valence-electron chi connectivity index (χ4n) is 2.14. The summed E-state index contributed by atoms with van der Waals surface area (Å²) in [6.45, 7) is 5.81. The fraction of sp³-hybridized carbons (Fsp3) is 0.500. The van der Waals surface area contributed by atoms with Gasteiger partial charge in [-0.15, -0.1) is 0 Å². The van der Waals surface area contributed by atoms with Crippen LogP contribution in [0.2, 0.25) is 0 Å². The normalized spacial score (nSPS) is 13.2. The molecule has 0 fully saturated rings. The quantitative estimate of drug-likeness (QED) is 0.809. The number of nitriles is 1. The number of nitrogens with one attached hydrogen (secondary N) is 2. The van der Waals surface area contributed by atoms with Crippen LogP contribution >= 0.6 is 0 Å². The number of hydrogen-bond acceptors (Lipinski definition) is 5. The van der Waals surface area contributed by atoms with Crippen molar-refractivity contribution in [2.75, 3.05) is 7.05 Å². The lowest BCUT2D eigenvalue weighted by Gasteiger charge is -2.24. The summed E-state index contributed by atoms with van der Waals surface area (Å²) in [5.41, 5.74) is -0.183. The molecule has 0 spiro atoms. The molecular weight excluding hydrogens is 333 g/mol. The van der Waals surface area contributed by atoms with Crippen LogP contribution in [0, 0.1) is 22.6 Å². The molecular formula is C16H22FN3O3S. The Labute approximate surface area is 142 Å². The smallest absolute Gasteiger partial charge is 0.250 e. The first-order chi connectivity index (χ1) is 11.0. The zero-order valence-corrected chi connectivity index (χ0v) is 15.0. The minimum atomic E-state index is -4.05. The second-order valence-electron chi connectivity index (χ2n) is 6.75. The number of rotatable bonds is 6. The van der Waals surface area contributed by atoms with Gasteiger partial charge in [-0.3, -0.25) is 9.52 Å². The van der Waals surface area contributed by atoms with Crippen LogP contribution in [0.25, 0.3) is 0 Å². The van der Waals surface area contributed by atoms with Gasteiger partial charge in [0.25, 0.3) is 5.91 Å². The zero-order valence-electron chi connectivity index (χ0n) is 14.2. The molecule has 1 unspecified atom stereocenters. The minimum absolute atomic E-state index is 0.0955. The number of halogens is 1. The Bertz CT molecular complexity index is 749. The van der Waals surface area contributed by atoms with E-state index in [0.717, 1.165) is 6.07 Å². The van der Waals surface area contributed by atoms with Crippen molar-refractivity contribution in [2.24, 2.45) is 5.41 Å². The maximum Gasteiger partial charge on any atom is 0.250 e. The molecule has 8 heteroatoms. The second-order valence-corrected chi connectivity index (χ2v) is 8.47. The fourth-order valence-corrected chi connectivity index (χ4v) is 3.30. The van der Waals surface area contributed by atoms with Crippen LogP contribution in [-0.2, 0) is 20.6 Å². The highest BCUT2D eigenvalue weighted by atomic mass is 32.2. The molecule has 132 valence electrons. The van der Waals surface area contributed by atoms with E-state index in [1.807, 2.05) is 25.5 Å². The van der Waals surface area contributed by atoms with Gasteiger partial charge in [0.2, 0.25) is 10.0 Å². The second kappa shape index (κ2) is 7.73. The highest BCUT2D eigenvalue weighted by Crippen LogP contribution is 2.21. The number of likely N-dealkylation sites (N-methyl/N-ethyl adjacent to an activating group) is 1. The predicted octanol–water partition coefficient (Wildman–Crippen LogP) is 1.67. The van der Waals surface area contributed by atoms with Crippen molar-refractivity contribution in [3.05, 3.63) is 35.1 Å². The first kappa shape index (κ1) is 20.1. The van der Waals surface area contributed by atoms with Crippen LogP contribution in [-0.4, -0.2) is 27.4 Å². The molecule has 1 aromatic rings. The summed E-state index contributed by atoms with van der Waals surface area (Å²) < 4.78 is 40.0. The number of carbonyl (C=O) groups is 1. The predicted molar refractivity (Wildman–Crippen MR) is 88.8 cm³/mol. The van der Waals surface area contributed by atoms with Gasteiger partial charge in [0.1, 0.15) is 5.82 Å². The van der Waals surface area contributed by atoms with Gasteiger partial charge in [0.05, 0.1) is 23.4 Å². The topological polar surface area (TPSA) is 99.1 Å². The molecule has 0 aromatic heterocycles. The molecule has 1 atom stereocenters. The zero-order chi connectivity index (χ0) is 18.5. The van der Waals surface area contributed by atoms with Gasteiger partial charge in [0.15, 0.2) is 0 Å². The molecule has 0 aliphatic rings. The monoisotopic (exact) mass is 355 g/mol. The van der Waals surface area contributed by atoms with Gasteiger partial charge < -0.3 is 5.32 Å². The number of hydrogen-bond donors (Lipinski definition) is 2. The molecule has 0 saturated heterocycles. The Hall–Kier alpha value is -1.98. The molecule has 0 radical (unpaired) electrons. The van der Waals surface area contributed by atoms with Gasteiger partial charge in [-0.25, -0.2) is 12.8 Å². The molecule has 0 bridgehead atoms. The summed E-state index contributed by atoms with van der Waals surface area (Å²) >= 11 is 0. The van der Waals surface area contributed by atoms with Gasteiger partial charge in [-0.1, -0.05) is 26.8 Å². The van der Waals surface area contributed by atoms with E-state index in [1.54, 1.807) is 13.1 Å². The van der Waals surface area contributed by atoms with Crippen molar-refractivity contribution < 1.29 is 17.6 Å². The van der Waals surface area contributed by atoms with Crippen LogP contribution < -0.4 is 10.0 Å². The first-order valence-corrected chi connectivity index (χ1v) is 9.03. The molecule has 2 N–H and O–H groups in total. The van der Waals surface area contributed by atoms with Gasteiger partial charge in [0, 0.05) is 5.56 Å². The van der Waals surface area contributed by atoms with Gasteiger partial charge in [-0.05, 0) is 31.0 Å². The summed E-state index contributed by atoms with van der Waals surface area (Å²) in [5.74, 6) is -2.16. The van der Waals surface area contributed by atoms with E-state index >= 15 is 0 Å². The Morgan fingerprint density at radius 1 is 1.38 bits per heavy atom. The maximum atomic E-state index is 13.8. The molecule has 0 aliphatic heterocycles. The van der Waals surface area contributed by atoms with E-state index in [-0.39, 0.29) is 16.5 Å². The summed E-state index contributed by atoms with van der Waals surface area (Å²) in [6.07, 6.45) is 0.441. The Morgan fingerprint density at radius 3 is 2.46 bits per heavy atom. The van der Waals surface area contributed by atoms with Crippen LogP contribution in [0.4, 0.5) is 4.39 Å². The molecule has 0 saturated carbocycles. The Balaban J connectivity index is 2.86. The Kier molecular flexibility index (Phi) is 6.46. The van der Waals surface area contributed by atoms with E-state index in [4.69, 9.17) is 5.26 Å². The van der Waals surface area contributed by atoms with Crippen LogP contribution in [0.1, 0.15) is 38.3 Å². The van der Waals surface area contributed by atoms with E-state index in [1.165, 1.54) is 12.1 Å². The maximum absolute atomic E-state index is 13.8. The van der Waals surface area contributed by atoms with Gasteiger partial charge >= 0.3 is 0 Å². The van der Waals surface area contributed by atoms with E-state index in [2.05, 4.69) is 5.32 Å². The molecule has 1 rings (SSSR count). The van der Waals surface area contributed by atoms with Crippen molar-refractivity contribution in [3.63, 3.8) is 0 Å². The average Bonchev–Trinajstić information content (AvgIpc) is 2.45. The third kappa shape index (κ3) is 6.26. The van der Waals surface area contributed by atoms with Crippen LogP contribution in [0.5, 0.6) is 0 Å². The van der Waals surface area contributed by atoms with Crippen molar-refractivity contribution >= 4 is 15.9 Å². The van der Waals surface area contributed by atoms with E-state index in [9.17, 15) is 17.6 Å². The highest BCUT2D eigenvalue weighted by Gasteiger charge is 2.27. The standard InChI is InChI=1S/C16H22FN3O3S/c1-16(2,3)8-14(19-4)15(21)20-24(22,23)10-12-6-5-11(9-18)7-13(12)17/h5-7,14,19H,8,10H2,1-4H3,(H,20,21). The number of nitrogens with zero attached hydrogens (tertiary/aromatic N) is 1.